The second-order valence-corrected chi connectivity index (χ2v) is 9.87. The number of halogens is 1. The van der Waals surface area contributed by atoms with E-state index in [0.717, 1.165) is 22.5 Å². The van der Waals surface area contributed by atoms with Crippen LogP contribution in [0.15, 0.2) is 48.5 Å². The van der Waals surface area contributed by atoms with Crippen molar-refractivity contribution in [3.05, 3.63) is 59.1 Å². The Kier molecular flexibility index (Phi) is 9.55. The number of benzene rings is 2. The quantitative estimate of drug-likeness (QED) is 0.517. The van der Waals surface area contributed by atoms with Crippen LogP contribution in [0.5, 0.6) is 5.75 Å². The van der Waals surface area contributed by atoms with E-state index in [1.807, 2.05) is 6.92 Å². The van der Waals surface area contributed by atoms with Gasteiger partial charge in [-0.05, 0) is 43.2 Å². The summed E-state index contributed by atoms with van der Waals surface area (Å²) in [5, 5.41) is 2.99. The van der Waals surface area contributed by atoms with Gasteiger partial charge in [-0.15, -0.1) is 0 Å². The van der Waals surface area contributed by atoms with Crippen molar-refractivity contribution in [3.8, 4) is 5.75 Å². The fourth-order valence-corrected chi connectivity index (χ4v) is 4.30. The molecule has 33 heavy (non-hydrogen) atoms. The van der Waals surface area contributed by atoms with Crippen molar-refractivity contribution < 1.29 is 22.7 Å². The van der Waals surface area contributed by atoms with Crippen molar-refractivity contribution in [2.24, 2.45) is 0 Å². The summed E-state index contributed by atoms with van der Waals surface area (Å²) in [6.07, 6.45) is 1.76. The maximum atomic E-state index is 13.4. The third kappa shape index (κ3) is 7.36. The van der Waals surface area contributed by atoms with Gasteiger partial charge in [-0.3, -0.25) is 13.9 Å². The van der Waals surface area contributed by atoms with Crippen LogP contribution in [0.2, 0.25) is 5.02 Å². The summed E-state index contributed by atoms with van der Waals surface area (Å²) < 4.78 is 31.2. The molecule has 0 spiro atoms. The van der Waals surface area contributed by atoms with Crippen LogP contribution in [0, 0.1) is 0 Å². The van der Waals surface area contributed by atoms with Gasteiger partial charge in [-0.2, -0.15) is 0 Å². The summed E-state index contributed by atoms with van der Waals surface area (Å²) in [5.41, 5.74) is 0.963. The van der Waals surface area contributed by atoms with E-state index in [4.69, 9.17) is 16.3 Å². The van der Waals surface area contributed by atoms with Crippen molar-refractivity contribution in [3.63, 3.8) is 0 Å². The Hall–Kier alpha value is -2.78. The second kappa shape index (κ2) is 11.9. The highest BCUT2D eigenvalue weighted by Gasteiger charge is 2.30. The van der Waals surface area contributed by atoms with Gasteiger partial charge in [0, 0.05) is 13.1 Å². The molecule has 0 radical (unpaired) electrons. The Labute approximate surface area is 200 Å². The largest absolute Gasteiger partial charge is 0.497 e. The highest BCUT2D eigenvalue weighted by molar-refractivity contribution is 7.92. The molecule has 0 fully saturated rings. The number of methoxy groups -OCH3 is 1. The maximum absolute atomic E-state index is 13.4. The summed E-state index contributed by atoms with van der Waals surface area (Å²) in [7, 11) is -2.27. The van der Waals surface area contributed by atoms with Crippen molar-refractivity contribution in [1.82, 2.24) is 10.2 Å². The SMILES string of the molecule is CCCNC(=O)[C@@H](C)N(Cc1ccc(OC)cc1)C(=O)CN(c1ccccc1Cl)S(C)(=O)=O. The zero-order valence-electron chi connectivity index (χ0n) is 19.2. The monoisotopic (exact) mass is 495 g/mol. The van der Waals surface area contributed by atoms with Crippen LogP contribution in [-0.2, 0) is 26.2 Å². The molecule has 10 heteroatoms. The Morgan fingerprint density at radius 2 is 1.76 bits per heavy atom. The number of ether oxygens (including phenoxy) is 1. The van der Waals surface area contributed by atoms with E-state index in [0.29, 0.717) is 12.3 Å². The van der Waals surface area contributed by atoms with Crippen molar-refractivity contribution >= 4 is 39.1 Å². The van der Waals surface area contributed by atoms with Crippen LogP contribution >= 0.6 is 11.6 Å². The van der Waals surface area contributed by atoms with Crippen molar-refractivity contribution in [2.45, 2.75) is 32.9 Å². The van der Waals surface area contributed by atoms with Crippen LogP contribution in [-0.4, -0.2) is 57.6 Å². The summed E-state index contributed by atoms with van der Waals surface area (Å²) >= 11 is 6.21. The average molecular weight is 496 g/mol. The number of anilines is 1. The first kappa shape index (κ1) is 26.5. The van der Waals surface area contributed by atoms with Gasteiger partial charge in [-0.25, -0.2) is 8.42 Å². The Morgan fingerprint density at radius 3 is 2.30 bits per heavy atom. The molecule has 1 N–H and O–H groups in total. The molecule has 0 heterocycles. The third-order valence-electron chi connectivity index (χ3n) is 5.03. The lowest BCUT2D eigenvalue weighted by Gasteiger charge is -2.31. The third-order valence-corrected chi connectivity index (χ3v) is 6.47. The van der Waals surface area contributed by atoms with E-state index in [9.17, 15) is 18.0 Å². The number of nitrogens with zero attached hydrogens (tertiary/aromatic N) is 2. The number of amides is 2. The van der Waals surface area contributed by atoms with Gasteiger partial charge in [-0.1, -0.05) is 42.8 Å². The Morgan fingerprint density at radius 1 is 1.12 bits per heavy atom. The summed E-state index contributed by atoms with van der Waals surface area (Å²) in [6.45, 7) is 3.64. The van der Waals surface area contributed by atoms with Gasteiger partial charge in [0.1, 0.15) is 18.3 Å². The summed E-state index contributed by atoms with van der Waals surface area (Å²) in [5.74, 6) is -0.190. The molecule has 0 bridgehead atoms. The number of nitrogens with one attached hydrogen (secondary N) is 1. The van der Waals surface area contributed by atoms with Crippen molar-refractivity contribution in [2.75, 3.05) is 30.8 Å². The van der Waals surface area contributed by atoms with Gasteiger partial charge in [0.25, 0.3) is 0 Å². The number of para-hydroxylation sites is 1. The minimum Gasteiger partial charge on any atom is -0.497 e. The molecule has 0 aromatic heterocycles. The van der Waals surface area contributed by atoms with Gasteiger partial charge in [0.05, 0.1) is 24.1 Å². The molecule has 0 aliphatic rings. The topological polar surface area (TPSA) is 96.0 Å². The van der Waals surface area contributed by atoms with Crippen LogP contribution in [0.25, 0.3) is 0 Å². The number of sulfonamides is 1. The zero-order chi connectivity index (χ0) is 24.6. The average Bonchev–Trinajstić information content (AvgIpc) is 2.79. The van der Waals surface area contributed by atoms with E-state index in [1.54, 1.807) is 56.5 Å². The van der Waals surface area contributed by atoms with Crippen molar-refractivity contribution in [1.29, 1.82) is 0 Å². The number of carbonyl (C=O) groups is 2. The maximum Gasteiger partial charge on any atom is 0.244 e. The standard InChI is InChI=1S/C23H30ClN3O5S/c1-5-14-25-23(29)17(2)26(15-18-10-12-19(32-3)13-11-18)22(28)16-27(33(4,30)31)21-9-7-6-8-20(21)24/h6-13,17H,5,14-16H2,1-4H3,(H,25,29)/t17-/m1/s1. The van der Waals surface area contributed by atoms with Gasteiger partial charge >= 0.3 is 0 Å². The lowest BCUT2D eigenvalue weighted by molar-refractivity contribution is -0.139. The molecule has 1 atom stereocenters. The Balaban J connectivity index is 2.37. The van der Waals surface area contributed by atoms with E-state index >= 15 is 0 Å². The summed E-state index contributed by atoms with van der Waals surface area (Å²) in [6, 6.07) is 12.7. The van der Waals surface area contributed by atoms with Gasteiger partial charge < -0.3 is 15.0 Å². The molecule has 0 aliphatic heterocycles. The smallest absolute Gasteiger partial charge is 0.244 e. The molecule has 0 unspecified atom stereocenters. The van der Waals surface area contributed by atoms with Crippen LogP contribution in [0.4, 0.5) is 5.69 Å². The van der Waals surface area contributed by atoms with E-state index in [1.165, 1.54) is 11.0 Å². The number of hydrogen-bond acceptors (Lipinski definition) is 5. The fraction of sp³-hybridized carbons (Fsp3) is 0.391. The van der Waals surface area contributed by atoms with Crippen LogP contribution < -0.4 is 14.4 Å². The van der Waals surface area contributed by atoms with Gasteiger partial charge in [0.15, 0.2) is 0 Å². The fourth-order valence-electron chi connectivity index (χ4n) is 3.15. The molecule has 0 saturated heterocycles. The molecular formula is C23H30ClN3O5S. The lowest BCUT2D eigenvalue weighted by atomic mass is 10.1. The van der Waals surface area contributed by atoms with Crippen LogP contribution in [0.1, 0.15) is 25.8 Å². The molecule has 0 saturated carbocycles. The highest BCUT2D eigenvalue weighted by Crippen LogP contribution is 2.27. The zero-order valence-corrected chi connectivity index (χ0v) is 20.8. The second-order valence-electron chi connectivity index (χ2n) is 7.56. The predicted octanol–water partition coefficient (Wildman–Crippen LogP) is 3.06. The van der Waals surface area contributed by atoms with Crippen LogP contribution in [0.3, 0.4) is 0 Å². The molecule has 2 aromatic rings. The molecule has 2 rings (SSSR count). The molecule has 8 nitrogen and oxygen atoms in total. The minimum absolute atomic E-state index is 0.115. The highest BCUT2D eigenvalue weighted by atomic mass is 35.5. The minimum atomic E-state index is -3.83. The Bertz CT molecular complexity index is 1060. The normalized spacial score (nSPS) is 12.0. The number of rotatable bonds is 11. The van der Waals surface area contributed by atoms with E-state index in [2.05, 4.69) is 5.32 Å². The lowest BCUT2D eigenvalue weighted by Crippen LogP contribution is -2.51. The van der Waals surface area contributed by atoms with Gasteiger partial charge in [0.2, 0.25) is 21.8 Å². The first-order valence-electron chi connectivity index (χ1n) is 10.5. The first-order chi connectivity index (χ1) is 15.6. The predicted molar refractivity (Wildman–Crippen MR) is 130 cm³/mol. The van der Waals surface area contributed by atoms with E-state index < -0.39 is 28.5 Å². The first-order valence-corrected chi connectivity index (χ1v) is 12.7. The molecule has 180 valence electrons. The number of carbonyl (C=O) groups excluding carboxylic acids is 2. The summed E-state index contributed by atoms with van der Waals surface area (Å²) in [4.78, 5) is 27.4. The molecule has 2 amide bonds. The number of hydrogen-bond donors (Lipinski definition) is 1. The molecule has 0 aliphatic carbocycles. The van der Waals surface area contributed by atoms with E-state index in [-0.39, 0.29) is 23.2 Å². The molecule has 2 aromatic carbocycles. The molecular weight excluding hydrogens is 466 g/mol.